The lowest BCUT2D eigenvalue weighted by Gasteiger charge is -2.40. The van der Waals surface area contributed by atoms with Crippen molar-refractivity contribution in [3.63, 3.8) is 0 Å². The molecule has 0 heterocycles. The lowest BCUT2D eigenvalue weighted by molar-refractivity contribution is -0.137. The van der Waals surface area contributed by atoms with Crippen LogP contribution < -0.4 is 10.6 Å². The summed E-state index contributed by atoms with van der Waals surface area (Å²) >= 11 is 0. The van der Waals surface area contributed by atoms with Crippen molar-refractivity contribution >= 4 is 11.4 Å². The molecule has 0 amide bonds. The Bertz CT molecular complexity index is 499. The first-order valence-corrected chi connectivity index (χ1v) is 7.30. The molecule has 1 aromatic rings. The van der Waals surface area contributed by atoms with Crippen LogP contribution in [0.15, 0.2) is 18.2 Å². The number of nitrogens with two attached hydrogens (primary N) is 1. The van der Waals surface area contributed by atoms with Crippen molar-refractivity contribution in [3.05, 3.63) is 23.8 Å². The monoisotopic (exact) mass is 300 g/mol. The van der Waals surface area contributed by atoms with E-state index in [2.05, 4.69) is 13.8 Å². The van der Waals surface area contributed by atoms with Gasteiger partial charge in [0.25, 0.3) is 0 Å². The molecule has 0 atom stereocenters. The molecule has 0 unspecified atom stereocenters. The molecule has 2 N–H and O–H groups in total. The van der Waals surface area contributed by atoms with Crippen LogP contribution in [0.1, 0.15) is 45.1 Å². The largest absolute Gasteiger partial charge is 0.416 e. The van der Waals surface area contributed by atoms with Crippen molar-refractivity contribution in [2.75, 3.05) is 17.7 Å². The SMILES string of the molecule is CN(c1ccc(C(F)(F)F)cc1N)C1CCC(C)(C)CC1. The van der Waals surface area contributed by atoms with Crippen LogP contribution in [0.4, 0.5) is 24.5 Å². The summed E-state index contributed by atoms with van der Waals surface area (Å²) < 4.78 is 38.0. The summed E-state index contributed by atoms with van der Waals surface area (Å²) in [6, 6.07) is 3.96. The standard InChI is InChI=1S/C16H23F3N2/c1-15(2)8-6-12(7-9-15)21(3)14-5-4-11(10-13(14)20)16(17,18)19/h4-5,10,12H,6-9,20H2,1-3H3. The number of hydrogen-bond acceptors (Lipinski definition) is 2. The molecule has 1 fully saturated rings. The zero-order valence-electron chi connectivity index (χ0n) is 12.8. The molecule has 0 aliphatic heterocycles. The fraction of sp³-hybridized carbons (Fsp3) is 0.625. The Balaban J connectivity index is 2.15. The lowest BCUT2D eigenvalue weighted by Crippen LogP contribution is -2.37. The Labute approximate surface area is 124 Å². The smallest absolute Gasteiger partial charge is 0.397 e. The Morgan fingerprint density at radius 1 is 1.19 bits per heavy atom. The average molecular weight is 300 g/mol. The van der Waals surface area contributed by atoms with Crippen molar-refractivity contribution in [1.82, 2.24) is 0 Å². The van der Waals surface area contributed by atoms with Gasteiger partial charge in [0.15, 0.2) is 0 Å². The summed E-state index contributed by atoms with van der Waals surface area (Å²) in [6.45, 7) is 4.52. The molecule has 1 saturated carbocycles. The van der Waals surface area contributed by atoms with Crippen LogP contribution in [0, 0.1) is 5.41 Å². The summed E-state index contributed by atoms with van der Waals surface area (Å²) in [7, 11) is 1.92. The zero-order valence-corrected chi connectivity index (χ0v) is 12.8. The number of nitrogens with zero attached hydrogens (tertiary/aromatic N) is 1. The number of anilines is 2. The van der Waals surface area contributed by atoms with Crippen molar-refractivity contribution in [3.8, 4) is 0 Å². The molecule has 1 aliphatic rings. The molecule has 21 heavy (non-hydrogen) atoms. The molecule has 0 spiro atoms. The van der Waals surface area contributed by atoms with Gasteiger partial charge in [0, 0.05) is 13.1 Å². The first-order chi connectivity index (χ1) is 9.60. The lowest BCUT2D eigenvalue weighted by atomic mass is 9.75. The van der Waals surface area contributed by atoms with Crippen LogP contribution in [0.3, 0.4) is 0 Å². The third-order valence-electron chi connectivity index (χ3n) is 4.59. The van der Waals surface area contributed by atoms with E-state index in [0.29, 0.717) is 17.1 Å². The Morgan fingerprint density at radius 2 is 1.76 bits per heavy atom. The summed E-state index contributed by atoms with van der Waals surface area (Å²) in [5, 5.41) is 0. The number of nitrogen functional groups attached to an aromatic ring is 1. The van der Waals surface area contributed by atoms with Gasteiger partial charge in [0.2, 0.25) is 0 Å². The quantitative estimate of drug-likeness (QED) is 0.803. The molecule has 0 bridgehead atoms. The minimum atomic E-state index is -4.35. The van der Waals surface area contributed by atoms with Crippen molar-refractivity contribution < 1.29 is 13.2 Å². The van der Waals surface area contributed by atoms with Crippen LogP contribution in [0.2, 0.25) is 0 Å². The number of benzene rings is 1. The van der Waals surface area contributed by atoms with E-state index in [0.717, 1.165) is 37.8 Å². The molecule has 0 saturated heterocycles. The zero-order chi connectivity index (χ0) is 15.8. The Morgan fingerprint density at radius 3 is 2.24 bits per heavy atom. The number of hydrogen-bond donors (Lipinski definition) is 1. The molecular weight excluding hydrogens is 277 g/mol. The molecule has 5 heteroatoms. The highest BCUT2D eigenvalue weighted by atomic mass is 19.4. The number of alkyl halides is 3. The summed E-state index contributed by atoms with van der Waals surface area (Å²) in [4.78, 5) is 2.03. The molecule has 2 rings (SSSR count). The normalized spacial score (nSPS) is 19.5. The highest BCUT2D eigenvalue weighted by Gasteiger charge is 2.32. The van der Waals surface area contributed by atoms with Crippen molar-refractivity contribution in [2.24, 2.45) is 5.41 Å². The third-order valence-corrected chi connectivity index (χ3v) is 4.59. The second-order valence-corrected chi connectivity index (χ2v) is 6.78. The summed E-state index contributed by atoms with van der Waals surface area (Å²) in [5.41, 5.74) is 6.39. The van der Waals surface area contributed by atoms with Gasteiger partial charge in [0.05, 0.1) is 16.9 Å². The van der Waals surface area contributed by atoms with Gasteiger partial charge in [-0.3, -0.25) is 0 Å². The van der Waals surface area contributed by atoms with E-state index < -0.39 is 11.7 Å². The van der Waals surface area contributed by atoms with Crippen LogP contribution >= 0.6 is 0 Å². The minimum absolute atomic E-state index is 0.192. The molecule has 118 valence electrons. The fourth-order valence-corrected chi connectivity index (χ4v) is 3.02. The molecule has 0 aromatic heterocycles. The van der Waals surface area contributed by atoms with E-state index >= 15 is 0 Å². The highest BCUT2D eigenvalue weighted by Crippen LogP contribution is 2.39. The molecule has 1 aliphatic carbocycles. The molecule has 2 nitrogen and oxygen atoms in total. The van der Waals surface area contributed by atoms with Crippen LogP contribution in [-0.2, 0) is 6.18 Å². The van der Waals surface area contributed by atoms with E-state index in [1.807, 2.05) is 11.9 Å². The predicted octanol–water partition coefficient (Wildman–Crippen LogP) is 4.69. The first kappa shape index (κ1) is 16.0. The average Bonchev–Trinajstić information content (AvgIpc) is 2.36. The van der Waals surface area contributed by atoms with Crippen LogP contribution in [-0.4, -0.2) is 13.1 Å². The highest BCUT2D eigenvalue weighted by molar-refractivity contribution is 5.68. The minimum Gasteiger partial charge on any atom is -0.397 e. The number of halogens is 3. The van der Waals surface area contributed by atoms with E-state index in [-0.39, 0.29) is 5.69 Å². The third kappa shape index (κ3) is 3.63. The van der Waals surface area contributed by atoms with Gasteiger partial charge in [-0.1, -0.05) is 13.8 Å². The maximum Gasteiger partial charge on any atom is 0.416 e. The predicted molar refractivity (Wildman–Crippen MR) is 80.3 cm³/mol. The van der Waals surface area contributed by atoms with Crippen LogP contribution in [0.5, 0.6) is 0 Å². The van der Waals surface area contributed by atoms with Gasteiger partial charge >= 0.3 is 6.18 Å². The summed E-state index contributed by atoms with van der Waals surface area (Å²) in [5.74, 6) is 0. The second kappa shape index (κ2) is 5.43. The van der Waals surface area contributed by atoms with Crippen LogP contribution in [0.25, 0.3) is 0 Å². The van der Waals surface area contributed by atoms with Gasteiger partial charge in [-0.2, -0.15) is 13.2 Å². The second-order valence-electron chi connectivity index (χ2n) is 6.78. The van der Waals surface area contributed by atoms with Crippen molar-refractivity contribution in [2.45, 2.75) is 51.7 Å². The molecule has 1 aromatic carbocycles. The van der Waals surface area contributed by atoms with E-state index in [1.54, 1.807) is 0 Å². The van der Waals surface area contributed by atoms with E-state index in [9.17, 15) is 13.2 Å². The summed E-state index contributed by atoms with van der Waals surface area (Å²) in [6.07, 6.45) is -0.000892. The Hall–Kier alpha value is -1.39. The Kier molecular flexibility index (Phi) is 4.13. The van der Waals surface area contributed by atoms with E-state index in [4.69, 9.17) is 5.73 Å². The molecule has 0 radical (unpaired) electrons. The van der Waals surface area contributed by atoms with E-state index in [1.165, 1.54) is 6.07 Å². The number of rotatable bonds is 2. The topological polar surface area (TPSA) is 29.3 Å². The molecular formula is C16H23F3N2. The maximum atomic E-state index is 12.7. The van der Waals surface area contributed by atoms with Gasteiger partial charge in [0.1, 0.15) is 0 Å². The van der Waals surface area contributed by atoms with Gasteiger partial charge in [-0.25, -0.2) is 0 Å². The maximum absolute atomic E-state index is 12.7. The first-order valence-electron chi connectivity index (χ1n) is 7.30. The fourth-order valence-electron chi connectivity index (χ4n) is 3.02. The van der Waals surface area contributed by atoms with Gasteiger partial charge in [-0.15, -0.1) is 0 Å². The van der Waals surface area contributed by atoms with Crippen molar-refractivity contribution in [1.29, 1.82) is 0 Å². The van der Waals surface area contributed by atoms with Gasteiger partial charge < -0.3 is 10.6 Å². The van der Waals surface area contributed by atoms with Gasteiger partial charge in [-0.05, 0) is 49.3 Å².